The van der Waals surface area contributed by atoms with Crippen LogP contribution in [0.15, 0.2) is 18.2 Å². The first-order valence-electron chi connectivity index (χ1n) is 4.44. The van der Waals surface area contributed by atoms with Gasteiger partial charge in [0, 0.05) is 6.07 Å². The molecule has 0 amide bonds. The summed E-state index contributed by atoms with van der Waals surface area (Å²) < 4.78 is 4.97. The van der Waals surface area contributed by atoms with Crippen molar-refractivity contribution in [3.63, 3.8) is 0 Å². The predicted octanol–water partition coefficient (Wildman–Crippen LogP) is 2.47. The Balaban J connectivity index is 3.41. The minimum absolute atomic E-state index is 0.101. The molecule has 1 aromatic carbocycles. The fraction of sp³-hybridized carbons (Fsp3) is 0.300. The maximum absolute atomic E-state index is 11.2. The van der Waals surface area contributed by atoms with Crippen LogP contribution in [0.2, 0.25) is 0 Å². The number of nitrogens with zero attached hydrogens (tertiary/aromatic N) is 1. The van der Waals surface area contributed by atoms with E-state index in [9.17, 15) is 14.9 Å². The lowest BCUT2D eigenvalue weighted by atomic mass is 10.1. The lowest BCUT2D eigenvalue weighted by Gasteiger charge is -2.11. The number of ketones is 1. The van der Waals surface area contributed by atoms with Crippen molar-refractivity contribution in [1.29, 1.82) is 0 Å². The van der Waals surface area contributed by atoms with Crippen LogP contribution in [0.25, 0.3) is 0 Å². The zero-order chi connectivity index (χ0) is 12.3. The van der Waals surface area contributed by atoms with Crippen molar-refractivity contribution in [2.75, 3.05) is 7.11 Å². The number of rotatable bonds is 4. The summed E-state index contributed by atoms with van der Waals surface area (Å²) in [5.74, 6) is -0.126. The van der Waals surface area contributed by atoms with E-state index < -0.39 is 10.3 Å². The number of Topliss-reactive ketones (excluding diaryl/α,β-unsaturated/α-hetero) is 1. The van der Waals surface area contributed by atoms with Crippen molar-refractivity contribution in [3.8, 4) is 5.75 Å². The lowest BCUT2D eigenvalue weighted by Crippen LogP contribution is -2.07. The van der Waals surface area contributed by atoms with Crippen LogP contribution in [0, 0.1) is 10.1 Å². The third kappa shape index (κ3) is 2.30. The van der Waals surface area contributed by atoms with Crippen LogP contribution in [0.4, 0.5) is 5.69 Å². The normalized spacial score (nSPS) is 11.9. The summed E-state index contributed by atoms with van der Waals surface area (Å²) in [5.41, 5.74) is -0.112. The van der Waals surface area contributed by atoms with Gasteiger partial charge in [0.15, 0.2) is 5.78 Å². The third-order valence-corrected chi connectivity index (χ3v) is 2.60. The summed E-state index contributed by atoms with van der Waals surface area (Å²) in [6.07, 6.45) is 0. The number of ether oxygens (including phenoxy) is 1. The summed E-state index contributed by atoms with van der Waals surface area (Å²) in [6.45, 7) is 1.27. The van der Waals surface area contributed by atoms with Crippen molar-refractivity contribution in [2.24, 2.45) is 0 Å². The summed E-state index contributed by atoms with van der Waals surface area (Å²) in [6, 6.07) is 4.29. The Morgan fingerprint density at radius 2 is 2.19 bits per heavy atom. The number of hydrogen-bond donors (Lipinski definition) is 0. The van der Waals surface area contributed by atoms with Crippen LogP contribution in [0.5, 0.6) is 5.75 Å². The fourth-order valence-electron chi connectivity index (χ4n) is 1.33. The second-order valence-electron chi connectivity index (χ2n) is 3.12. The van der Waals surface area contributed by atoms with Gasteiger partial charge < -0.3 is 4.74 Å². The molecule has 0 spiro atoms. The summed E-state index contributed by atoms with van der Waals surface area (Å²) in [5, 5.41) is 9.72. The zero-order valence-electron chi connectivity index (χ0n) is 8.77. The van der Waals surface area contributed by atoms with Gasteiger partial charge in [0.2, 0.25) is 0 Å². The highest BCUT2D eigenvalue weighted by Gasteiger charge is 2.27. The molecule has 1 rings (SSSR count). The van der Waals surface area contributed by atoms with Crippen LogP contribution in [-0.4, -0.2) is 17.8 Å². The van der Waals surface area contributed by atoms with E-state index in [2.05, 4.69) is 0 Å². The number of hydrogen-bond acceptors (Lipinski definition) is 4. The van der Waals surface area contributed by atoms with Gasteiger partial charge in [-0.1, -0.05) is 6.07 Å². The first-order chi connectivity index (χ1) is 7.49. The third-order valence-electron chi connectivity index (χ3n) is 2.07. The Kier molecular flexibility index (Phi) is 3.84. The summed E-state index contributed by atoms with van der Waals surface area (Å²) >= 11 is 5.84. The minimum Gasteiger partial charge on any atom is -0.496 e. The lowest BCUT2D eigenvalue weighted by molar-refractivity contribution is -0.385. The number of halogens is 1. The molecule has 0 aliphatic rings. The first-order valence-corrected chi connectivity index (χ1v) is 4.88. The van der Waals surface area contributed by atoms with Crippen molar-refractivity contribution in [3.05, 3.63) is 33.9 Å². The molecule has 1 atom stereocenters. The van der Waals surface area contributed by atoms with Crippen LogP contribution in [-0.2, 0) is 4.79 Å². The fourth-order valence-corrected chi connectivity index (χ4v) is 1.55. The molecule has 0 radical (unpaired) electrons. The molecular weight excluding hydrogens is 234 g/mol. The van der Waals surface area contributed by atoms with Crippen LogP contribution in [0.1, 0.15) is 17.9 Å². The monoisotopic (exact) mass is 243 g/mol. The van der Waals surface area contributed by atoms with E-state index in [1.54, 1.807) is 0 Å². The van der Waals surface area contributed by atoms with Gasteiger partial charge in [-0.2, -0.15) is 0 Å². The first kappa shape index (κ1) is 12.4. The van der Waals surface area contributed by atoms with E-state index in [-0.39, 0.29) is 22.8 Å². The second-order valence-corrected chi connectivity index (χ2v) is 3.56. The van der Waals surface area contributed by atoms with E-state index in [4.69, 9.17) is 16.3 Å². The van der Waals surface area contributed by atoms with Gasteiger partial charge in [0.25, 0.3) is 5.69 Å². The second kappa shape index (κ2) is 4.94. The maximum atomic E-state index is 11.2. The SMILES string of the molecule is COc1cccc([N+](=O)[O-])c1C(Cl)C(C)=O. The molecule has 0 saturated carbocycles. The number of carbonyl (C=O) groups excluding carboxylic acids is 1. The van der Waals surface area contributed by atoms with Gasteiger partial charge in [-0.05, 0) is 13.0 Å². The molecule has 5 nitrogen and oxygen atoms in total. The molecule has 1 aromatic rings. The summed E-state index contributed by atoms with van der Waals surface area (Å²) in [7, 11) is 1.37. The largest absolute Gasteiger partial charge is 0.496 e. The van der Waals surface area contributed by atoms with E-state index in [0.29, 0.717) is 0 Å². The number of carbonyl (C=O) groups is 1. The number of alkyl halides is 1. The predicted molar refractivity (Wildman–Crippen MR) is 58.9 cm³/mol. The number of nitro groups is 1. The average Bonchev–Trinajstić information content (AvgIpc) is 2.26. The molecule has 0 fully saturated rings. The highest BCUT2D eigenvalue weighted by Crippen LogP contribution is 2.37. The standard InChI is InChI=1S/C10H10ClNO4/c1-6(13)10(11)9-7(12(14)15)4-3-5-8(9)16-2/h3-5,10H,1-2H3. The van der Waals surface area contributed by atoms with E-state index in [1.807, 2.05) is 0 Å². The Morgan fingerprint density at radius 1 is 1.56 bits per heavy atom. The number of nitro benzene ring substituents is 1. The van der Waals surface area contributed by atoms with Gasteiger partial charge >= 0.3 is 0 Å². The van der Waals surface area contributed by atoms with Crippen molar-refractivity contribution in [1.82, 2.24) is 0 Å². The van der Waals surface area contributed by atoms with Crippen LogP contribution in [0.3, 0.4) is 0 Å². The quantitative estimate of drug-likeness (QED) is 0.463. The van der Waals surface area contributed by atoms with Crippen molar-refractivity contribution < 1.29 is 14.5 Å². The average molecular weight is 244 g/mol. The van der Waals surface area contributed by atoms with E-state index in [0.717, 1.165) is 0 Å². The molecule has 0 aromatic heterocycles. The highest BCUT2D eigenvalue weighted by molar-refractivity contribution is 6.31. The van der Waals surface area contributed by atoms with Gasteiger partial charge in [0.05, 0.1) is 17.6 Å². The molecule has 0 N–H and O–H groups in total. The molecule has 6 heteroatoms. The Bertz CT molecular complexity index is 433. The molecular formula is C10H10ClNO4. The van der Waals surface area contributed by atoms with Gasteiger partial charge in [-0.25, -0.2) is 0 Å². The van der Waals surface area contributed by atoms with Crippen molar-refractivity contribution in [2.45, 2.75) is 12.3 Å². The van der Waals surface area contributed by atoms with Gasteiger partial charge in [-0.15, -0.1) is 11.6 Å². The summed E-state index contributed by atoms with van der Waals surface area (Å²) in [4.78, 5) is 21.4. The molecule has 0 heterocycles. The number of benzene rings is 1. The topological polar surface area (TPSA) is 69.4 Å². The Hall–Kier alpha value is -1.62. The maximum Gasteiger partial charge on any atom is 0.278 e. The van der Waals surface area contributed by atoms with Crippen LogP contribution >= 0.6 is 11.6 Å². The van der Waals surface area contributed by atoms with Crippen LogP contribution < -0.4 is 4.74 Å². The Labute approximate surface area is 97.1 Å². The molecule has 1 unspecified atom stereocenters. The molecule has 0 saturated heterocycles. The zero-order valence-corrected chi connectivity index (χ0v) is 9.52. The van der Waals surface area contributed by atoms with Gasteiger partial charge in [-0.3, -0.25) is 14.9 Å². The molecule has 86 valence electrons. The molecule has 0 bridgehead atoms. The molecule has 16 heavy (non-hydrogen) atoms. The smallest absolute Gasteiger partial charge is 0.278 e. The Morgan fingerprint density at radius 3 is 2.62 bits per heavy atom. The molecule has 0 aliphatic heterocycles. The van der Waals surface area contributed by atoms with E-state index >= 15 is 0 Å². The molecule has 0 aliphatic carbocycles. The van der Waals surface area contributed by atoms with E-state index in [1.165, 1.54) is 32.2 Å². The minimum atomic E-state index is -1.07. The number of methoxy groups -OCH3 is 1. The van der Waals surface area contributed by atoms with Gasteiger partial charge in [0.1, 0.15) is 11.1 Å². The highest BCUT2D eigenvalue weighted by atomic mass is 35.5. The van der Waals surface area contributed by atoms with Crippen molar-refractivity contribution >= 4 is 23.1 Å².